The van der Waals surface area contributed by atoms with Crippen LogP contribution in [0.15, 0.2) is 55.4 Å². The summed E-state index contributed by atoms with van der Waals surface area (Å²) in [6.45, 7) is 5.99. The third kappa shape index (κ3) is 2.06. The van der Waals surface area contributed by atoms with Gasteiger partial charge in [0.2, 0.25) is 5.69 Å². The quantitative estimate of drug-likeness (QED) is 0.615. The maximum absolute atomic E-state index is 3.91. The minimum absolute atomic E-state index is 0.802. The first-order valence-corrected chi connectivity index (χ1v) is 7.86. The van der Waals surface area contributed by atoms with Crippen molar-refractivity contribution in [3.63, 3.8) is 0 Å². The van der Waals surface area contributed by atoms with Gasteiger partial charge in [-0.15, -0.1) is 0 Å². The minimum Gasteiger partial charge on any atom is -0.374 e. The van der Waals surface area contributed by atoms with Crippen LogP contribution in [-0.4, -0.2) is 17.5 Å². The lowest BCUT2D eigenvalue weighted by atomic mass is 9.89. The molecule has 3 heterocycles. The van der Waals surface area contributed by atoms with E-state index in [1.165, 1.54) is 47.8 Å². The number of hydrogen-bond donors (Lipinski definition) is 0. The van der Waals surface area contributed by atoms with Crippen molar-refractivity contribution in [3.05, 3.63) is 61.1 Å². The lowest BCUT2D eigenvalue weighted by Gasteiger charge is -2.43. The molecule has 2 aliphatic rings. The second kappa shape index (κ2) is 5.03. The molecule has 0 N–H and O–H groups in total. The average Bonchev–Trinajstić information content (AvgIpc) is 2.49. The van der Waals surface area contributed by atoms with Gasteiger partial charge in [-0.05, 0) is 36.8 Å². The van der Waals surface area contributed by atoms with Crippen LogP contribution in [0.5, 0.6) is 0 Å². The van der Waals surface area contributed by atoms with Gasteiger partial charge in [0.05, 0.1) is 5.39 Å². The molecular formula is C19H21N2+. The number of aromatic nitrogens is 1. The van der Waals surface area contributed by atoms with Crippen LogP contribution >= 0.6 is 0 Å². The lowest BCUT2D eigenvalue weighted by Crippen LogP contribution is -2.46. The summed E-state index contributed by atoms with van der Waals surface area (Å²) in [6.07, 6.45) is 10.4. The van der Waals surface area contributed by atoms with Crippen molar-refractivity contribution >= 4 is 16.3 Å². The van der Waals surface area contributed by atoms with E-state index in [1.807, 2.05) is 6.08 Å². The molecule has 0 saturated carbocycles. The molecule has 2 nitrogen and oxygen atoms in total. The highest BCUT2D eigenvalue weighted by Gasteiger charge is 2.32. The molecule has 1 saturated heterocycles. The fraction of sp³-hybridized carbons (Fsp3) is 0.316. The summed E-state index contributed by atoms with van der Waals surface area (Å²) in [5.74, 6) is 0. The Kier molecular flexibility index (Phi) is 3.03. The maximum Gasteiger partial charge on any atom is 0.218 e. The van der Waals surface area contributed by atoms with E-state index in [-0.39, 0.29) is 0 Å². The predicted molar refractivity (Wildman–Crippen MR) is 86.7 cm³/mol. The predicted octanol–water partition coefficient (Wildman–Crippen LogP) is 3.52. The smallest absolute Gasteiger partial charge is 0.218 e. The molecule has 21 heavy (non-hydrogen) atoms. The highest BCUT2D eigenvalue weighted by Crippen LogP contribution is 2.35. The lowest BCUT2D eigenvalue weighted by molar-refractivity contribution is -0.687. The van der Waals surface area contributed by atoms with Crippen molar-refractivity contribution < 1.29 is 4.57 Å². The molecule has 0 aliphatic carbocycles. The van der Waals surface area contributed by atoms with Crippen LogP contribution in [0.3, 0.4) is 0 Å². The van der Waals surface area contributed by atoms with Gasteiger partial charge in [-0.2, -0.15) is 4.57 Å². The molecule has 0 amide bonds. The number of allylic oxidation sites excluding steroid dienone is 2. The first kappa shape index (κ1) is 12.6. The highest BCUT2D eigenvalue weighted by atomic mass is 15.2. The van der Waals surface area contributed by atoms with E-state index in [1.54, 1.807) is 0 Å². The second-order valence-electron chi connectivity index (χ2n) is 6.07. The largest absolute Gasteiger partial charge is 0.374 e. The number of hydrogen-bond acceptors (Lipinski definition) is 1. The Morgan fingerprint density at radius 2 is 2.14 bits per heavy atom. The summed E-state index contributed by atoms with van der Waals surface area (Å²) in [5.41, 5.74) is 2.85. The molecule has 1 aromatic carbocycles. The molecule has 1 aromatic heterocycles. The Morgan fingerprint density at radius 1 is 1.24 bits per heavy atom. The van der Waals surface area contributed by atoms with Crippen molar-refractivity contribution in [2.75, 3.05) is 6.54 Å². The van der Waals surface area contributed by atoms with Crippen molar-refractivity contribution in [2.24, 2.45) is 0 Å². The summed E-state index contributed by atoms with van der Waals surface area (Å²) >= 11 is 0. The van der Waals surface area contributed by atoms with Crippen LogP contribution in [0.4, 0.5) is 0 Å². The van der Waals surface area contributed by atoms with Crippen LogP contribution in [0.2, 0.25) is 0 Å². The monoisotopic (exact) mass is 277 g/mol. The second-order valence-corrected chi connectivity index (χ2v) is 6.07. The Labute approximate surface area is 126 Å². The van der Waals surface area contributed by atoms with E-state index >= 15 is 0 Å². The van der Waals surface area contributed by atoms with E-state index in [9.17, 15) is 0 Å². The average molecular weight is 277 g/mol. The third-order valence-corrected chi connectivity index (χ3v) is 4.83. The van der Waals surface area contributed by atoms with Gasteiger partial charge in [-0.3, -0.25) is 0 Å². The third-order valence-electron chi connectivity index (χ3n) is 4.83. The molecule has 1 atom stereocenters. The van der Waals surface area contributed by atoms with Gasteiger partial charge >= 0.3 is 0 Å². The van der Waals surface area contributed by atoms with Gasteiger partial charge in [-0.1, -0.05) is 24.8 Å². The first-order valence-electron chi connectivity index (χ1n) is 7.86. The zero-order chi connectivity index (χ0) is 14.2. The summed E-state index contributed by atoms with van der Waals surface area (Å²) in [7, 11) is 0. The zero-order valence-electron chi connectivity index (χ0n) is 12.3. The maximum atomic E-state index is 3.91. The summed E-state index contributed by atoms with van der Waals surface area (Å²) in [6, 6.07) is 11.7. The van der Waals surface area contributed by atoms with Crippen LogP contribution in [0.25, 0.3) is 16.3 Å². The van der Waals surface area contributed by atoms with E-state index in [2.05, 4.69) is 58.8 Å². The van der Waals surface area contributed by atoms with Gasteiger partial charge in [0.25, 0.3) is 0 Å². The molecule has 0 bridgehead atoms. The van der Waals surface area contributed by atoms with E-state index < -0.39 is 0 Å². The van der Waals surface area contributed by atoms with Crippen LogP contribution in [0, 0.1) is 0 Å². The number of pyridine rings is 1. The topological polar surface area (TPSA) is 7.12 Å². The Morgan fingerprint density at radius 3 is 2.90 bits per heavy atom. The van der Waals surface area contributed by atoms with Crippen LogP contribution in [-0.2, 0) is 6.54 Å². The van der Waals surface area contributed by atoms with Crippen LogP contribution < -0.4 is 4.57 Å². The fourth-order valence-electron chi connectivity index (χ4n) is 3.61. The molecule has 1 fully saturated rings. The molecule has 4 rings (SSSR count). The van der Waals surface area contributed by atoms with Crippen molar-refractivity contribution in [3.8, 4) is 0 Å². The molecule has 2 aliphatic heterocycles. The van der Waals surface area contributed by atoms with E-state index in [0.717, 1.165) is 12.6 Å². The number of benzene rings is 1. The molecule has 2 heteroatoms. The zero-order valence-corrected chi connectivity index (χ0v) is 12.3. The van der Waals surface area contributed by atoms with Crippen molar-refractivity contribution in [2.45, 2.75) is 31.8 Å². The molecule has 1 unspecified atom stereocenters. The van der Waals surface area contributed by atoms with Crippen molar-refractivity contribution in [1.29, 1.82) is 0 Å². The summed E-state index contributed by atoms with van der Waals surface area (Å²) in [4.78, 5) is 2.51. The van der Waals surface area contributed by atoms with Crippen molar-refractivity contribution in [1.82, 2.24) is 4.90 Å². The Bertz CT molecular complexity index is 729. The molecular weight excluding hydrogens is 256 g/mol. The van der Waals surface area contributed by atoms with E-state index in [0.29, 0.717) is 0 Å². The Hall–Kier alpha value is -2.09. The molecule has 106 valence electrons. The Balaban J connectivity index is 1.90. The van der Waals surface area contributed by atoms with Gasteiger partial charge < -0.3 is 4.90 Å². The van der Waals surface area contributed by atoms with Gasteiger partial charge in [0.15, 0.2) is 12.7 Å². The normalized spacial score (nSPS) is 20.7. The first-order chi connectivity index (χ1) is 10.4. The standard InChI is InChI=1S/C19H21N2/c1-2-11-20-12-9-15-5-3-4-6-18(15)19(20)16-7-8-17-10-13-21(17)14-16/h2-6,9,12,14,17H,1,7-8,10-11,13H2/q+1. The molecule has 0 radical (unpaired) electrons. The number of rotatable bonds is 3. The number of fused-ring (bicyclic) bond motifs is 2. The fourth-order valence-corrected chi connectivity index (χ4v) is 3.61. The SMILES string of the molecule is C=CC[n+]1ccc2ccccc2c1C1=CN2CCC2CC1. The van der Waals surface area contributed by atoms with Gasteiger partial charge in [-0.25, -0.2) is 0 Å². The molecule has 2 aromatic rings. The number of nitrogens with zero attached hydrogens (tertiary/aromatic N) is 2. The minimum atomic E-state index is 0.802. The van der Waals surface area contributed by atoms with Crippen LogP contribution in [0.1, 0.15) is 25.0 Å². The van der Waals surface area contributed by atoms with Gasteiger partial charge in [0.1, 0.15) is 0 Å². The summed E-state index contributed by atoms with van der Waals surface area (Å²) in [5, 5.41) is 2.67. The highest BCUT2D eigenvalue weighted by molar-refractivity contribution is 5.90. The summed E-state index contributed by atoms with van der Waals surface area (Å²) < 4.78 is 2.33. The molecule has 0 spiro atoms. The van der Waals surface area contributed by atoms with E-state index in [4.69, 9.17) is 0 Å². The van der Waals surface area contributed by atoms with Gasteiger partial charge in [0, 0.05) is 30.4 Å².